The van der Waals surface area contributed by atoms with E-state index in [4.69, 9.17) is 0 Å². The van der Waals surface area contributed by atoms with Gasteiger partial charge < -0.3 is 4.57 Å². The fraction of sp³-hybridized carbons (Fsp3) is 0.139. The highest BCUT2D eigenvalue weighted by atomic mass is 31.1. The number of rotatable bonds is 6. The van der Waals surface area contributed by atoms with Gasteiger partial charge >= 0.3 is 0 Å². The van der Waals surface area contributed by atoms with Crippen LogP contribution in [0.3, 0.4) is 0 Å². The molecule has 0 aliphatic heterocycles. The molecule has 40 heavy (non-hydrogen) atoms. The second-order valence-electron chi connectivity index (χ2n) is 10.0. The van der Waals surface area contributed by atoms with Gasteiger partial charge in [0.25, 0.3) is 0 Å². The second-order valence-corrected chi connectivity index (χ2v) is 13.9. The van der Waals surface area contributed by atoms with Crippen molar-refractivity contribution in [3.63, 3.8) is 0 Å². The van der Waals surface area contributed by atoms with Crippen molar-refractivity contribution < 1.29 is 9.36 Å². The van der Waals surface area contributed by atoms with Gasteiger partial charge in [-0.25, -0.2) is 0 Å². The van der Waals surface area contributed by atoms with E-state index in [0.717, 1.165) is 49.0 Å². The van der Waals surface area contributed by atoms with E-state index in [9.17, 15) is 9.36 Å². The maximum atomic E-state index is 13.5. The Bertz CT molecular complexity index is 1520. The summed E-state index contributed by atoms with van der Waals surface area (Å²) in [6.07, 6.45) is 0. The lowest BCUT2D eigenvalue weighted by atomic mass is 10.0. The summed E-state index contributed by atoms with van der Waals surface area (Å²) in [4.78, 5) is 13.5. The van der Waals surface area contributed by atoms with Gasteiger partial charge in [-0.1, -0.05) is 127 Å². The highest BCUT2D eigenvalue weighted by Crippen LogP contribution is 2.39. The van der Waals surface area contributed by atoms with Gasteiger partial charge in [0.15, 0.2) is 5.52 Å². The number of benzene rings is 5. The predicted octanol–water partition coefficient (Wildman–Crippen LogP) is 7.70. The van der Waals surface area contributed by atoms with Gasteiger partial charge in [-0.15, -0.1) is 0 Å². The third-order valence-electron chi connectivity index (χ3n) is 6.90. The van der Waals surface area contributed by atoms with E-state index in [2.05, 4.69) is 43.3 Å². The highest BCUT2D eigenvalue weighted by Gasteiger charge is 2.26. The Morgan fingerprint density at radius 2 is 0.900 bits per heavy atom. The van der Waals surface area contributed by atoms with Crippen molar-refractivity contribution >= 4 is 42.5 Å². The Kier molecular flexibility index (Phi) is 10.1. The summed E-state index contributed by atoms with van der Waals surface area (Å²) in [5, 5.41) is 4.15. The molecule has 5 rings (SSSR count). The average Bonchev–Trinajstić information content (AvgIpc) is 2.94. The van der Waals surface area contributed by atoms with E-state index >= 15 is 0 Å². The quantitative estimate of drug-likeness (QED) is 0.199. The molecular weight excluding hydrogens is 526 g/mol. The van der Waals surface area contributed by atoms with Crippen LogP contribution in [0, 0.1) is 34.6 Å². The molecule has 0 heterocycles. The Hall–Kier alpha value is -3.57. The van der Waals surface area contributed by atoms with Gasteiger partial charge in [-0.3, -0.25) is 4.79 Å². The zero-order valence-electron chi connectivity index (χ0n) is 23.8. The van der Waals surface area contributed by atoms with Crippen LogP contribution < -0.4 is 21.2 Å². The fourth-order valence-electron chi connectivity index (χ4n) is 4.97. The largest absolute Gasteiger partial charge is 0.317 e. The van der Waals surface area contributed by atoms with Crippen molar-refractivity contribution in [1.29, 1.82) is 0 Å². The smallest absolute Gasteiger partial charge is 0.193 e. The molecule has 0 unspecified atom stereocenters. The summed E-state index contributed by atoms with van der Waals surface area (Å²) in [7, 11) is -2.92. The molecule has 0 fully saturated rings. The average molecular weight is 563 g/mol. The van der Waals surface area contributed by atoms with Crippen molar-refractivity contribution in [3.05, 3.63) is 155 Å². The van der Waals surface area contributed by atoms with Crippen molar-refractivity contribution in [2.24, 2.45) is 0 Å². The maximum Gasteiger partial charge on any atom is 0.193 e. The number of hydrogen-bond donors (Lipinski definition) is 0. The zero-order chi connectivity index (χ0) is 28.6. The molecule has 0 aliphatic rings. The van der Waals surface area contributed by atoms with Crippen LogP contribution in [0.1, 0.15) is 38.2 Å². The molecule has 202 valence electrons. The number of carbonyl (C=O) groups is 1. The summed E-state index contributed by atoms with van der Waals surface area (Å²) in [5.74, 6) is 0. The van der Waals surface area contributed by atoms with E-state index in [1.54, 1.807) is 0 Å². The lowest BCUT2D eigenvalue weighted by Gasteiger charge is -2.20. The van der Waals surface area contributed by atoms with Gasteiger partial charge in [-0.05, 0) is 67.5 Å². The summed E-state index contributed by atoms with van der Waals surface area (Å²) in [5.41, 5.74) is 6.65. The molecule has 4 heteroatoms. The first-order valence-corrected chi connectivity index (χ1v) is 16.2. The highest BCUT2D eigenvalue weighted by molar-refractivity contribution is 7.88. The van der Waals surface area contributed by atoms with Crippen LogP contribution in [-0.2, 0) is 4.57 Å². The topological polar surface area (TPSA) is 34.1 Å². The first-order chi connectivity index (χ1) is 19.3. The minimum atomic E-state index is -1.85. The standard InChI is InChI=1S/C22H21OP.C14H15OP/c1-16-14-17(2)21(18(3)15-16)22(23)24(19-10-6-4-7-11-19)20-12-8-5-9-13-20;1-11-7-3-5-9-13(11)16(15)14-10-6-4-8-12(14)2/h4-15H,1-3H3;3-10,16H,1-2H3. The van der Waals surface area contributed by atoms with Crippen LogP contribution in [0.4, 0.5) is 0 Å². The molecule has 0 saturated carbocycles. The molecule has 0 bridgehead atoms. The zero-order valence-corrected chi connectivity index (χ0v) is 25.7. The third kappa shape index (κ3) is 6.95. The molecule has 0 spiro atoms. The lowest BCUT2D eigenvalue weighted by molar-refractivity contribution is 0.108. The molecule has 0 radical (unpaired) electrons. The fourth-order valence-corrected chi connectivity index (χ4v) is 8.92. The number of aryl methyl sites for hydroxylation is 5. The monoisotopic (exact) mass is 562 g/mol. The van der Waals surface area contributed by atoms with E-state index in [0.29, 0.717) is 0 Å². The minimum Gasteiger partial charge on any atom is -0.317 e. The number of hydrogen-bond acceptors (Lipinski definition) is 2. The Morgan fingerprint density at radius 3 is 1.30 bits per heavy atom. The molecule has 0 atom stereocenters. The van der Waals surface area contributed by atoms with Gasteiger partial charge in [0.1, 0.15) is 7.80 Å². The SMILES string of the molecule is Cc1cc(C)c(C(=O)P(c2ccccc2)c2ccccc2)c(C)c1.Cc1ccccc1[PH](=O)c1ccccc1C. The van der Waals surface area contributed by atoms with Crippen molar-refractivity contribution in [2.75, 3.05) is 0 Å². The van der Waals surface area contributed by atoms with E-state index in [1.165, 1.54) is 5.56 Å². The second kappa shape index (κ2) is 13.7. The van der Waals surface area contributed by atoms with Gasteiger partial charge in [0.05, 0.1) is 0 Å². The van der Waals surface area contributed by atoms with Crippen molar-refractivity contribution in [2.45, 2.75) is 34.6 Å². The van der Waals surface area contributed by atoms with Gasteiger partial charge in [0.2, 0.25) is 0 Å². The van der Waals surface area contributed by atoms with Crippen LogP contribution in [0.15, 0.2) is 121 Å². The maximum absolute atomic E-state index is 13.5. The van der Waals surface area contributed by atoms with Crippen LogP contribution >= 0.6 is 15.7 Å². The number of carbonyl (C=O) groups excluding carboxylic acids is 1. The normalized spacial score (nSPS) is 10.8. The van der Waals surface area contributed by atoms with Crippen LogP contribution in [0.2, 0.25) is 0 Å². The summed E-state index contributed by atoms with van der Waals surface area (Å²) >= 11 is 0. The van der Waals surface area contributed by atoms with E-state index in [1.807, 2.05) is 113 Å². The van der Waals surface area contributed by atoms with E-state index < -0.39 is 15.7 Å². The molecule has 5 aromatic carbocycles. The first-order valence-electron chi connectivity index (χ1n) is 13.5. The molecule has 0 saturated heterocycles. The Morgan fingerprint density at radius 1 is 0.525 bits per heavy atom. The molecule has 0 aromatic heterocycles. The molecule has 5 aromatic rings. The van der Waals surface area contributed by atoms with Crippen molar-refractivity contribution in [3.8, 4) is 0 Å². The summed E-state index contributed by atoms with van der Waals surface area (Å²) in [6, 6.07) is 40.3. The summed E-state index contributed by atoms with van der Waals surface area (Å²) in [6.45, 7) is 10.2. The molecule has 0 N–H and O–H groups in total. The lowest BCUT2D eigenvalue weighted by Crippen LogP contribution is -2.19. The van der Waals surface area contributed by atoms with Crippen LogP contribution in [-0.4, -0.2) is 5.52 Å². The molecule has 2 nitrogen and oxygen atoms in total. The van der Waals surface area contributed by atoms with Crippen molar-refractivity contribution in [1.82, 2.24) is 0 Å². The molecular formula is C36H36O2P2. The Balaban J connectivity index is 0.000000201. The van der Waals surface area contributed by atoms with E-state index in [-0.39, 0.29) is 5.52 Å². The van der Waals surface area contributed by atoms with Crippen LogP contribution in [0.25, 0.3) is 0 Å². The molecule has 0 aliphatic carbocycles. The Labute approximate surface area is 240 Å². The molecule has 0 amide bonds. The van der Waals surface area contributed by atoms with Gasteiger partial charge in [0, 0.05) is 24.1 Å². The predicted molar refractivity (Wildman–Crippen MR) is 175 cm³/mol. The van der Waals surface area contributed by atoms with Crippen LogP contribution in [0.5, 0.6) is 0 Å². The minimum absolute atomic E-state index is 0.234. The van der Waals surface area contributed by atoms with Gasteiger partial charge in [-0.2, -0.15) is 0 Å². The third-order valence-corrected chi connectivity index (χ3v) is 11.3. The first kappa shape index (κ1) is 29.4. The summed E-state index contributed by atoms with van der Waals surface area (Å²) < 4.78 is 12.5.